The molecule has 0 aromatic heterocycles. The Kier molecular flexibility index (Phi) is 6.51. The second-order valence-corrected chi connectivity index (χ2v) is 9.30. The number of benzene rings is 3. The molecule has 2 atom stereocenters. The van der Waals surface area contributed by atoms with Crippen LogP contribution in [0.25, 0.3) is 0 Å². The molecule has 0 fully saturated rings. The first-order chi connectivity index (χ1) is 16.2. The van der Waals surface area contributed by atoms with Crippen LogP contribution in [0.5, 0.6) is 11.5 Å². The molecule has 0 aliphatic carbocycles. The first kappa shape index (κ1) is 23.6. The average Bonchev–Trinajstić information content (AvgIpc) is 2.80. The number of carbonyl (C=O) groups excluding carboxylic acids is 1. The van der Waals surface area contributed by atoms with Crippen molar-refractivity contribution in [3.05, 3.63) is 88.7 Å². The van der Waals surface area contributed by atoms with Gasteiger partial charge in [-0.2, -0.15) is 0 Å². The molecule has 5 nitrogen and oxygen atoms in total. The number of rotatable bonds is 6. The Labute approximate surface area is 199 Å². The number of hydrogen-bond donors (Lipinski definition) is 1. The molecule has 0 bridgehead atoms. The van der Waals surface area contributed by atoms with Crippen LogP contribution in [0, 0.1) is 18.2 Å². The van der Waals surface area contributed by atoms with Crippen molar-refractivity contribution in [2.75, 3.05) is 12.4 Å². The number of nitrogens with one attached hydrogen (secondary N) is 1. The number of carbonyl (C=O) groups is 1. The van der Waals surface area contributed by atoms with Crippen LogP contribution >= 0.6 is 0 Å². The van der Waals surface area contributed by atoms with Gasteiger partial charge in [0, 0.05) is 23.6 Å². The third-order valence-electron chi connectivity index (χ3n) is 6.32. The Morgan fingerprint density at radius 2 is 1.76 bits per heavy atom. The maximum atomic E-state index is 13.2. The summed E-state index contributed by atoms with van der Waals surface area (Å²) in [5.74, 6) is 0.595. The van der Waals surface area contributed by atoms with Crippen molar-refractivity contribution in [1.29, 1.82) is 0 Å². The summed E-state index contributed by atoms with van der Waals surface area (Å²) >= 11 is 0. The number of fused-ring (bicyclic) bond motifs is 1. The summed E-state index contributed by atoms with van der Waals surface area (Å²) in [6.07, 6.45) is -0.411. The van der Waals surface area contributed by atoms with E-state index in [4.69, 9.17) is 14.2 Å². The van der Waals surface area contributed by atoms with E-state index in [1.807, 2.05) is 37.3 Å². The highest BCUT2D eigenvalue weighted by molar-refractivity contribution is 5.68. The number of halogens is 1. The topological polar surface area (TPSA) is 56.8 Å². The predicted octanol–water partition coefficient (Wildman–Crippen LogP) is 6.52. The highest BCUT2D eigenvalue weighted by Crippen LogP contribution is 2.54. The van der Waals surface area contributed by atoms with Gasteiger partial charge in [0.2, 0.25) is 0 Å². The van der Waals surface area contributed by atoms with E-state index < -0.39 is 11.5 Å². The number of anilines is 1. The minimum absolute atomic E-state index is 0.146. The zero-order valence-corrected chi connectivity index (χ0v) is 20.1. The van der Waals surface area contributed by atoms with Crippen LogP contribution < -0.4 is 14.8 Å². The van der Waals surface area contributed by atoms with E-state index in [0.717, 1.165) is 27.9 Å². The smallest absolute Gasteiger partial charge is 0.303 e. The minimum Gasteiger partial charge on any atom is -0.493 e. The van der Waals surface area contributed by atoms with Gasteiger partial charge in [-0.25, -0.2) is 4.39 Å². The molecule has 0 amide bonds. The summed E-state index contributed by atoms with van der Waals surface area (Å²) in [5, 5.41) is 3.64. The minimum atomic E-state index is -0.450. The zero-order valence-electron chi connectivity index (χ0n) is 20.1. The van der Waals surface area contributed by atoms with Crippen molar-refractivity contribution in [2.24, 2.45) is 5.41 Å². The Bertz CT molecular complexity index is 1190. The molecule has 0 saturated carbocycles. The lowest BCUT2D eigenvalue weighted by Crippen LogP contribution is -2.40. The highest BCUT2D eigenvalue weighted by atomic mass is 19.1. The van der Waals surface area contributed by atoms with Crippen LogP contribution in [-0.2, 0) is 16.1 Å². The molecule has 0 radical (unpaired) electrons. The normalized spacial score (nSPS) is 18.4. The molecule has 1 aliphatic heterocycles. The van der Waals surface area contributed by atoms with Crippen LogP contribution in [0.1, 0.15) is 55.2 Å². The molecule has 34 heavy (non-hydrogen) atoms. The van der Waals surface area contributed by atoms with Gasteiger partial charge in [0.15, 0.2) is 11.5 Å². The summed E-state index contributed by atoms with van der Waals surface area (Å²) < 4.78 is 30.6. The molecular formula is C28H30FNO4. The predicted molar refractivity (Wildman–Crippen MR) is 130 cm³/mol. The van der Waals surface area contributed by atoms with Gasteiger partial charge in [-0.3, -0.25) is 4.79 Å². The first-order valence-corrected chi connectivity index (χ1v) is 11.3. The standard InChI is InChI=1S/C28H30FNO4/c1-17-6-12-23-22(14-17)27(34-18(2)31)28(3,4)26(30-23)20-9-13-24(25(15-20)32-5)33-16-19-7-10-21(29)11-8-19/h6-15,26-27,30H,16H2,1-5H3/t26-,27-/m1/s1. The molecule has 178 valence electrons. The fourth-order valence-electron chi connectivity index (χ4n) is 4.54. The second kappa shape index (κ2) is 9.37. The Balaban J connectivity index is 1.65. The number of ether oxygens (including phenoxy) is 3. The van der Waals surface area contributed by atoms with Gasteiger partial charge in [-0.05, 0) is 48.4 Å². The number of aryl methyl sites for hydroxylation is 1. The largest absolute Gasteiger partial charge is 0.493 e. The Hall–Kier alpha value is -3.54. The molecule has 3 aromatic rings. The lowest BCUT2D eigenvalue weighted by molar-refractivity contribution is -0.154. The summed E-state index contributed by atoms with van der Waals surface area (Å²) in [6, 6.07) is 18.0. The Morgan fingerprint density at radius 3 is 2.44 bits per heavy atom. The van der Waals surface area contributed by atoms with Gasteiger partial charge in [0.25, 0.3) is 0 Å². The van der Waals surface area contributed by atoms with E-state index >= 15 is 0 Å². The molecular weight excluding hydrogens is 433 g/mol. The van der Waals surface area contributed by atoms with Gasteiger partial charge in [0.05, 0.1) is 13.2 Å². The van der Waals surface area contributed by atoms with E-state index in [0.29, 0.717) is 18.1 Å². The summed E-state index contributed by atoms with van der Waals surface area (Å²) in [4.78, 5) is 12.0. The van der Waals surface area contributed by atoms with E-state index in [2.05, 4.69) is 25.2 Å². The van der Waals surface area contributed by atoms with Crippen molar-refractivity contribution in [1.82, 2.24) is 0 Å². The molecule has 0 unspecified atom stereocenters. The molecule has 6 heteroatoms. The third kappa shape index (κ3) is 4.72. The molecule has 4 rings (SSSR count). The molecule has 1 aliphatic rings. The van der Waals surface area contributed by atoms with Crippen LogP contribution in [0.3, 0.4) is 0 Å². The maximum Gasteiger partial charge on any atom is 0.303 e. The van der Waals surface area contributed by atoms with E-state index in [1.165, 1.54) is 19.1 Å². The fraction of sp³-hybridized carbons (Fsp3) is 0.321. The highest BCUT2D eigenvalue weighted by Gasteiger charge is 2.46. The van der Waals surface area contributed by atoms with Gasteiger partial charge < -0.3 is 19.5 Å². The first-order valence-electron chi connectivity index (χ1n) is 11.3. The van der Waals surface area contributed by atoms with Crippen LogP contribution in [-0.4, -0.2) is 13.1 Å². The number of hydrogen-bond acceptors (Lipinski definition) is 5. The van der Waals surface area contributed by atoms with Crippen molar-refractivity contribution in [3.63, 3.8) is 0 Å². The number of methoxy groups -OCH3 is 1. The van der Waals surface area contributed by atoms with Crippen molar-refractivity contribution in [3.8, 4) is 11.5 Å². The second-order valence-electron chi connectivity index (χ2n) is 9.30. The lowest BCUT2D eigenvalue weighted by Gasteiger charge is -2.46. The van der Waals surface area contributed by atoms with Crippen LogP contribution in [0.15, 0.2) is 60.7 Å². The SMILES string of the molecule is COc1cc([C@H]2Nc3ccc(C)cc3[C@@H](OC(C)=O)C2(C)C)ccc1OCc1ccc(F)cc1. The van der Waals surface area contributed by atoms with Gasteiger partial charge in [-0.15, -0.1) is 0 Å². The Morgan fingerprint density at radius 1 is 1.03 bits per heavy atom. The van der Waals surface area contributed by atoms with E-state index in [9.17, 15) is 9.18 Å². The molecule has 0 spiro atoms. The molecule has 0 saturated heterocycles. The summed E-state index contributed by atoms with van der Waals surface area (Å²) in [7, 11) is 1.60. The van der Waals surface area contributed by atoms with E-state index in [1.54, 1.807) is 19.2 Å². The average molecular weight is 464 g/mol. The molecule has 1 heterocycles. The maximum absolute atomic E-state index is 13.2. The molecule has 1 N–H and O–H groups in total. The fourth-order valence-corrected chi connectivity index (χ4v) is 4.54. The van der Waals surface area contributed by atoms with Crippen molar-refractivity contribution >= 4 is 11.7 Å². The van der Waals surface area contributed by atoms with Crippen molar-refractivity contribution in [2.45, 2.75) is 46.4 Å². The number of esters is 1. The van der Waals surface area contributed by atoms with Gasteiger partial charge >= 0.3 is 5.97 Å². The van der Waals surface area contributed by atoms with Crippen LogP contribution in [0.4, 0.5) is 10.1 Å². The summed E-state index contributed by atoms with van der Waals surface area (Å²) in [6.45, 7) is 7.95. The third-order valence-corrected chi connectivity index (χ3v) is 6.32. The quantitative estimate of drug-likeness (QED) is 0.422. The van der Waals surface area contributed by atoms with Crippen molar-refractivity contribution < 1.29 is 23.4 Å². The van der Waals surface area contributed by atoms with E-state index in [-0.39, 0.29) is 17.8 Å². The lowest BCUT2D eigenvalue weighted by atomic mass is 9.70. The van der Waals surface area contributed by atoms with Gasteiger partial charge in [0.1, 0.15) is 18.5 Å². The summed E-state index contributed by atoms with van der Waals surface area (Å²) in [5.41, 5.74) is 4.42. The molecule has 3 aromatic carbocycles. The monoisotopic (exact) mass is 463 g/mol. The zero-order chi connectivity index (χ0) is 24.5. The van der Waals surface area contributed by atoms with Crippen LogP contribution in [0.2, 0.25) is 0 Å². The van der Waals surface area contributed by atoms with Gasteiger partial charge in [-0.1, -0.05) is 49.7 Å².